The van der Waals surface area contributed by atoms with E-state index in [2.05, 4.69) is 0 Å². The molecule has 0 spiro atoms. The highest BCUT2D eigenvalue weighted by molar-refractivity contribution is 8.04. The molecule has 0 fully saturated rings. The number of halogens is 3. The lowest BCUT2D eigenvalue weighted by atomic mass is 9.68. The predicted molar refractivity (Wildman–Crippen MR) is 114 cm³/mol. The first kappa shape index (κ1) is 23.7. The van der Waals surface area contributed by atoms with Gasteiger partial charge < -0.3 is 9.47 Å². The Morgan fingerprint density at radius 2 is 1.47 bits per heavy atom. The average molecular weight is 490 g/mol. The Bertz CT molecular complexity index is 1260. The van der Waals surface area contributed by atoms with Crippen molar-refractivity contribution in [2.75, 3.05) is 13.2 Å². The molecule has 0 radical (unpaired) electrons. The largest absolute Gasteiger partial charge is 0.465 e. The van der Waals surface area contributed by atoms with E-state index in [1.54, 1.807) is 0 Å². The van der Waals surface area contributed by atoms with Crippen LogP contribution in [0.4, 0.5) is 13.2 Å². The topological polar surface area (TPSA) is 86.7 Å². The van der Waals surface area contributed by atoms with Gasteiger partial charge in [-0.25, -0.2) is 0 Å². The molecule has 2 aliphatic rings. The van der Waals surface area contributed by atoms with Gasteiger partial charge in [0.05, 0.1) is 29.3 Å². The van der Waals surface area contributed by atoms with E-state index in [1.807, 2.05) is 0 Å². The lowest BCUT2D eigenvalue weighted by molar-refractivity contribution is -0.162. The summed E-state index contributed by atoms with van der Waals surface area (Å²) in [5.74, 6) is -3.87. The van der Waals surface area contributed by atoms with Crippen molar-refractivity contribution >= 4 is 35.3 Å². The van der Waals surface area contributed by atoms with Crippen LogP contribution in [0, 0.1) is 0 Å². The smallest absolute Gasteiger partial charge is 0.416 e. The molecule has 34 heavy (non-hydrogen) atoms. The van der Waals surface area contributed by atoms with E-state index in [0.29, 0.717) is 17.8 Å². The fraction of sp³-hybridized carbons (Fsp3) is 0.250. The van der Waals surface area contributed by atoms with Crippen molar-refractivity contribution in [3.05, 3.63) is 75.2 Å². The van der Waals surface area contributed by atoms with Crippen molar-refractivity contribution in [1.29, 1.82) is 0 Å². The molecule has 1 heterocycles. The molecule has 1 aliphatic heterocycles. The van der Waals surface area contributed by atoms with Crippen molar-refractivity contribution in [3.63, 3.8) is 0 Å². The van der Waals surface area contributed by atoms with Gasteiger partial charge in [-0.2, -0.15) is 13.2 Å². The van der Waals surface area contributed by atoms with E-state index in [4.69, 9.17) is 9.47 Å². The van der Waals surface area contributed by atoms with Gasteiger partial charge in [0.25, 0.3) is 0 Å². The lowest BCUT2D eigenvalue weighted by Crippen LogP contribution is -2.52. The maximum Gasteiger partial charge on any atom is 0.416 e. The maximum atomic E-state index is 13.6. The maximum absolute atomic E-state index is 13.6. The van der Waals surface area contributed by atoms with E-state index >= 15 is 0 Å². The fourth-order valence-electron chi connectivity index (χ4n) is 4.11. The van der Waals surface area contributed by atoms with Gasteiger partial charge in [-0.3, -0.25) is 19.2 Å². The summed E-state index contributed by atoms with van der Waals surface area (Å²) in [6.07, 6.45) is -4.72. The first-order valence-electron chi connectivity index (χ1n) is 10.3. The van der Waals surface area contributed by atoms with Crippen LogP contribution in [0.5, 0.6) is 0 Å². The average Bonchev–Trinajstić information content (AvgIpc) is 2.80. The zero-order valence-electron chi connectivity index (χ0n) is 17.9. The number of carbonyl (C=O) groups is 4. The monoisotopic (exact) mass is 490 g/mol. The van der Waals surface area contributed by atoms with Crippen LogP contribution in [0.2, 0.25) is 0 Å². The number of Topliss-reactive ketones (excluding diaryl/α,β-unsaturated/α-hetero) is 2. The van der Waals surface area contributed by atoms with Gasteiger partial charge in [0.2, 0.25) is 11.2 Å². The standard InChI is InChI=1S/C24H17F3O6S/c1-3-32-21(30)23(22(31)33-4-2)15-10-9-12(24(25,26)27)11-16(15)34-20-17(23)18(28)13-7-5-6-8-14(13)19(20)29/h5-11H,3-4H2,1-2H3. The van der Waals surface area contributed by atoms with Crippen LogP contribution in [-0.4, -0.2) is 36.7 Å². The van der Waals surface area contributed by atoms with Crippen molar-refractivity contribution in [2.45, 2.75) is 30.3 Å². The summed E-state index contributed by atoms with van der Waals surface area (Å²) in [5, 5.41) is 0. The Balaban J connectivity index is 2.11. The van der Waals surface area contributed by atoms with Crippen LogP contribution in [0.3, 0.4) is 0 Å². The fourth-order valence-corrected chi connectivity index (χ4v) is 5.40. The number of carbonyl (C=O) groups excluding carboxylic acids is 4. The normalized spacial score (nSPS) is 16.4. The minimum Gasteiger partial charge on any atom is -0.465 e. The molecule has 0 N–H and O–H groups in total. The number of hydrogen-bond acceptors (Lipinski definition) is 7. The minimum atomic E-state index is -4.72. The molecule has 0 saturated heterocycles. The van der Waals surface area contributed by atoms with Crippen LogP contribution in [0.1, 0.15) is 45.7 Å². The van der Waals surface area contributed by atoms with E-state index in [0.717, 1.165) is 12.1 Å². The van der Waals surface area contributed by atoms with Gasteiger partial charge in [0.15, 0.2) is 5.78 Å². The number of alkyl halides is 3. The van der Waals surface area contributed by atoms with Crippen LogP contribution >= 0.6 is 11.8 Å². The van der Waals surface area contributed by atoms with Gasteiger partial charge in [-0.1, -0.05) is 42.1 Å². The van der Waals surface area contributed by atoms with Crippen LogP contribution in [0.25, 0.3) is 0 Å². The number of rotatable bonds is 4. The van der Waals surface area contributed by atoms with Crippen LogP contribution in [-0.2, 0) is 30.7 Å². The zero-order valence-corrected chi connectivity index (χ0v) is 18.8. The van der Waals surface area contributed by atoms with Gasteiger partial charge in [-0.05, 0) is 31.5 Å². The Morgan fingerprint density at radius 1 is 0.912 bits per heavy atom. The van der Waals surface area contributed by atoms with Crippen molar-refractivity contribution in [3.8, 4) is 0 Å². The van der Waals surface area contributed by atoms with Crippen LogP contribution in [0.15, 0.2) is 57.8 Å². The molecular weight excluding hydrogens is 473 g/mol. The van der Waals surface area contributed by atoms with E-state index < -0.39 is 46.2 Å². The Labute approximate surface area is 196 Å². The molecule has 0 aromatic heterocycles. The first-order chi connectivity index (χ1) is 16.1. The molecular formula is C24H17F3O6S. The predicted octanol–water partition coefficient (Wildman–Crippen LogP) is 4.51. The molecule has 0 amide bonds. The molecule has 0 bridgehead atoms. The molecule has 2 aromatic carbocycles. The number of thioether (sulfide) groups is 1. The third-order valence-electron chi connectivity index (χ3n) is 5.54. The molecule has 0 saturated carbocycles. The van der Waals surface area contributed by atoms with E-state index in [1.165, 1.54) is 38.1 Å². The van der Waals surface area contributed by atoms with Crippen molar-refractivity contribution < 1.29 is 41.8 Å². The summed E-state index contributed by atoms with van der Waals surface area (Å²) < 4.78 is 50.7. The SMILES string of the molecule is CCOC(=O)C1(C(=O)OCC)C2=C(Sc3cc(C(F)(F)F)ccc31)C(=O)c1ccccc1C2=O. The molecule has 176 valence electrons. The van der Waals surface area contributed by atoms with Gasteiger partial charge in [-0.15, -0.1) is 0 Å². The molecule has 10 heteroatoms. The molecule has 1 aliphatic carbocycles. The van der Waals surface area contributed by atoms with Crippen LogP contribution < -0.4 is 0 Å². The van der Waals surface area contributed by atoms with E-state index in [-0.39, 0.29) is 39.7 Å². The molecule has 0 atom stereocenters. The first-order valence-corrected chi connectivity index (χ1v) is 11.1. The number of allylic oxidation sites excluding steroid dienone is 1. The zero-order chi connectivity index (χ0) is 24.8. The number of esters is 2. The molecule has 0 unspecified atom stereocenters. The second-order valence-corrected chi connectivity index (χ2v) is 8.46. The van der Waals surface area contributed by atoms with Gasteiger partial charge in [0, 0.05) is 16.0 Å². The second-order valence-electron chi connectivity index (χ2n) is 7.41. The highest BCUT2D eigenvalue weighted by Crippen LogP contribution is 2.54. The Kier molecular flexibility index (Phi) is 5.89. The number of hydrogen-bond donors (Lipinski definition) is 0. The molecule has 2 aromatic rings. The third kappa shape index (κ3) is 3.35. The second kappa shape index (κ2) is 8.43. The number of benzene rings is 2. The lowest BCUT2D eigenvalue weighted by Gasteiger charge is -2.38. The number of ether oxygens (including phenoxy) is 2. The summed E-state index contributed by atoms with van der Waals surface area (Å²) in [5.41, 5.74) is -4.28. The Hall–Kier alpha value is -3.40. The minimum absolute atomic E-state index is 0.0239. The summed E-state index contributed by atoms with van der Waals surface area (Å²) >= 11 is 0.614. The molecule has 6 nitrogen and oxygen atoms in total. The summed E-state index contributed by atoms with van der Waals surface area (Å²) in [7, 11) is 0. The van der Waals surface area contributed by atoms with Gasteiger partial charge in [0.1, 0.15) is 0 Å². The van der Waals surface area contributed by atoms with Crippen molar-refractivity contribution in [2.24, 2.45) is 0 Å². The van der Waals surface area contributed by atoms with Crippen molar-refractivity contribution in [1.82, 2.24) is 0 Å². The molecule has 4 rings (SSSR count). The summed E-state index contributed by atoms with van der Waals surface area (Å²) in [6.45, 7) is 2.57. The number of ketones is 2. The van der Waals surface area contributed by atoms with Gasteiger partial charge >= 0.3 is 18.1 Å². The third-order valence-corrected chi connectivity index (χ3v) is 6.69. The quantitative estimate of drug-likeness (QED) is 0.461. The Morgan fingerprint density at radius 3 is 2.00 bits per heavy atom. The van der Waals surface area contributed by atoms with E-state index in [9.17, 15) is 32.3 Å². The highest BCUT2D eigenvalue weighted by atomic mass is 32.2. The summed E-state index contributed by atoms with van der Waals surface area (Å²) in [6, 6.07) is 8.25. The highest BCUT2D eigenvalue weighted by Gasteiger charge is 2.62. The number of fused-ring (bicyclic) bond motifs is 2. The summed E-state index contributed by atoms with van der Waals surface area (Å²) in [4.78, 5) is 53.4.